The summed E-state index contributed by atoms with van der Waals surface area (Å²) in [5.74, 6) is -1.91. The minimum absolute atomic E-state index is 0.000852. The zero-order valence-corrected chi connectivity index (χ0v) is 83.5. The van der Waals surface area contributed by atoms with Gasteiger partial charge >= 0.3 is 24.5 Å². The molecule has 742 valence electrons. The number of benzene rings is 4. The Morgan fingerprint density at radius 3 is 1.07 bits per heavy atom. The lowest BCUT2D eigenvalue weighted by Crippen LogP contribution is -2.36. The van der Waals surface area contributed by atoms with E-state index in [1.807, 2.05) is 105 Å². The smallest absolute Gasteiger partial charge is 0.389 e. The van der Waals surface area contributed by atoms with Crippen molar-refractivity contribution in [2.75, 3.05) is 38.9 Å². The number of nitrogens with two attached hydrogens (primary N) is 1. The quantitative estimate of drug-likeness (QED) is 0.00679. The number of carbonyl (C=O) groups is 8. The molecule has 7 N–H and O–H groups in total. The molecule has 4 heterocycles. The van der Waals surface area contributed by atoms with E-state index in [2.05, 4.69) is 28.3 Å². The van der Waals surface area contributed by atoms with Crippen molar-refractivity contribution < 1.29 is 127 Å². The van der Waals surface area contributed by atoms with Gasteiger partial charge in [0, 0.05) is 70.3 Å². The van der Waals surface area contributed by atoms with E-state index in [1.54, 1.807) is 126 Å². The van der Waals surface area contributed by atoms with Crippen LogP contribution in [0.5, 0.6) is 23.0 Å². The molecule has 0 aliphatic heterocycles. The number of carboxylic acid groups (broad SMARTS) is 1. The summed E-state index contributed by atoms with van der Waals surface area (Å²) in [4.78, 5) is 101. The van der Waals surface area contributed by atoms with Crippen molar-refractivity contribution in [3.8, 4) is 23.0 Å². The Kier molecular flexibility index (Phi) is 51.6. The van der Waals surface area contributed by atoms with Gasteiger partial charge in [-0.3, -0.25) is 47.8 Å². The lowest BCUT2D eigenvalue weighted by molar-refractivity contribution is -0.141. The lowest BCUT2D eigenvalue weighted by Gasteiger charge is -2.24. The Hall–Kier alpha value is -9.40. The van der Waals surface area contributed by atoms with Gasteiger partial charge in [-0.1, -0.05) is 77.4 Å². The van der Waals surface area contributed by atoms with Gasteiger partial charge < -0.3 is 35.1 Å². The summed E-state index contributed by atoms with van der Waals surface area (Å²) in [6.07, 6.45) is -7.87. The third kappa shape index (κ3) is 52.1. The van der Waals surface area contributed by atoms with Gasteiger partial charge in [0.15, 0.2) is 23.1 Å². The van der Waals surface area contributed by atoms with Crippen molar-refractivity contribution in [2.24, 2.45) is 10.1 Å². The van der Waals surface area contributed by atoms with Crippen LogP contribution < -0.4 is 44.2 Å². The fraction of sp³-hybridized carbons (Fsp3) is 0.467. The van der Waals surface area contributed by atoms with Gasteiger partial charge in [-0.2, -0.15) is 43.9 Å². The number of ether oxygens (including phenoxy) is 4. The predicted molar refractivity (Wildman–Crippen MR) is 510 cm³/mol. The number of ketones is 4. The molecule has 42 heteroatoms. The fourth-order valence-corrected chi connectivity index (χ4v) is 16.6. The molecule has 8 rings (SSSR count). The predicted octanol–water partition coefficient (Wildman–Crippen LogP) is 20.4. The first-order valence-electron chi connectivity index (χ1n) is 42.4. The van der Waals surface area contributed by atoms with Crippen molar-refractivity contribution in [3.63, 3.8) is 0 Å². The number of thiophene rings is 4. The molecule has 134 heavy (non-hydrogen) atoms. The molecule has 4 aromatic carbocycles. The second kappa shape index (κ2) is 58.2. The van der Waals surface area contributed by atoms with Gasteiger partial charge in [0.1, 0.15) is 46.8 Å². The highest BCUT2D eigenvalue weighted by molar-refractivity contribution is 7.89. The largest absolute Gasteiger partial charge is 0.494 e. The van der Waals surface area contributed by atoms with Crippen LogP contribution in [0.1, 0.15) is 265 Å². The van der Waals surface area contributed by atoms with Crippen molar-refractivity contribution in [3.05, 3.63) is 207 Å². The number of halogens is 9. The number of sulfonamides is 2. The van der Waals surface area contributed by atoms with Crippen LogP contribution in [0.2, 0.25) is 0 Å². The number of Topliss-reactive ketones (excluding diaryl/α,β-unsaturated/α-hetero) is 4. The molecule has 0 bridgehead atoms. The number of unbranched alkanes of at least 4 members (excludes halogenated alkanes) is 1. The van der Waals surface area contributed by atoms with E-state index >= 15 is 0 Å². The number of carbonyl (C=O) groups excluding carboxylic acids is 7. The molecular formula is C92H119F9N6O19S8. The molecule has 0 aliphatic rings. The van der Waals surface area contributed by atoms with Gasteiger partial charge in [0.25, 0.3) is 0 Å². The van der Waals surface area contributed by atoms with Crippen molar-refractivity contribution >= 4 is 140 Å². The summed E-state index contributed by atoms with van der Waals surface area (Å²) in [5, 5.41) is 10.7. The summed E-state index contributed by atoms with van der Waals surface area (Å²) in [7, 11) is -10.1. The zero-order chi connectivity index (χ0) is 101. The van der Waals surface area contributed by atoms with Crippen LogP contribution in [0.25, 0.3) is 0 Å². The number of amides is 3. The van der Waals surface area contributed by atoms with E-state index in [4.69, 9.17) is 29.8 Å². The monoisotopic (exact) mass is 2040 g/mol. The highest BCUT2D eigenvalue weighted by Crippen LogP contribution is 2.32. The lowest BCUT2D eigenvalue weighted by atomic mass is 10.00. The summed E-state index contributed by atoms with van der Waals surface area (Å²) in [6, 6.07) is 40.9. The third-order valence-corrected chi connectivity index (χ3v) is 27.0. The van der Waals surface area contributed by atoms with E-state index in [-0.39, 0.29) is 81.5 Å². The molecule has 0 fully saturated rings. The van der Waals surface area contributed by atoms with E-state index in [0.717, 1.165) is 87.2 Å². The number of hydrogen-bond acceptors (Lipinski definition) is 23. The Morgan fingerprint density at radius 2 is 0.761 bits per heavy atom. The second-order valence-electron chi connectivity index (χ2n) is 31.8. The minimum atomic E-state index is -4.19. The van der Waals surface area contributed by atoms with Crippen LogP contribution in [0.4, 0.5) is 39.5 Å². The average molecular weight is 2040 g/mol. The van der Waals surface area contributed by atoms with Crippen LogP contribution in [0.3, 0.4) is 0 Å². The number of carboxylic acids is 1. The van der Waals surface area contributed by atoms with Crippen LogP contribution in [-0.4, -0.2) is 150 Å². The van der Waals surface area contributed by atoms with E-state index in [1.165, 1.54) is 49.8 Å². The van der Waals surface area contributed by atoms with Gasteiger partial charge in [-0.05, 0) is 231 Å². The summed E-state index contributed by atoms with van der Waals surface area (Å²) in [5.41, 5.74) is 9.08. The maximum Gasteiger partial charge on any atom is 0.389 e. The first kappa shape index (κ1) is 119. The second-order valence-corrected chi connectivity index (χ2v) is 43.9. The van der Waals surface area contributed by atoms with Gasteiger partial charge in [-0.15, -0.1) is 45.3 Å². The number of nitrogens with one attached hydrogen (secondary N) is 4. The van der Waals surface area contributed by atoms with Crippen molar-refractivity contribution in [1.82, 2.24) is 19.5 Å². The van der Waals surface area contributed by atoms with Gasteiger partial charge in [-0.25, -0.2) is 30.0 Å². The Bertz CT molecular complexity index is 5320. The van der Waals surface area contributed by atoms with Crippen LogP contribution in [0.15, 0.2) is 150 Å². The van der Waals surface area contributed by atoms with Crippen LogP contribution in [-0.2, 0) is 86.9 Å². The molecule has 0 radical (unpaired) electrons. The SMILES string of the molecule is CC(C)(C)[S@](=O)N=Cc1ccc(OCCCC(F)(F)F)cc1.CCCCOc1ccc([C@@H](CC(=O)c2ccc(CC)s2)NC(=O)CC(=O)NS(C)(=O)=O)cc1.CCc1ccc(C(=O)C[C@@H](N)c2ccc(OCCCC(F)(F)F)cc2)s1.CCc1ccc(C(=O)C[C@@H](N[S@@](=O)C(C)(C)C)c2ccc(OCCCC(F)(F)F)cc2)s1.CCc1ccc(C(C)=O)s1.CS(=O)(=O)NC(=O)CC(=O)O. The number of hydrogen-bond donors (Lipinski definition) is 6. The molecule has 0 unspecified atom stereocenters. The topological polar surface area (TPSA) is 383 Å². The van der Waals surface area contributed by atoms with Gasteiger partial charge in [0.2, 0.25) is 37.8 Å². The zero-order valence-electron chi connectivity index (χ0n) is 77.0. The van der Waals surface area contributed by atoms with Gasteiger partial charge in [0.05, 0.1) is 91.0 Å². The fourth-order valence-electron chi connectivity index (χ4n) is 10.7. The molecule has 0 saturated carbocycles. The van der Waals surface area contributed by atoms with Crippen LogP contribution >= 0.6 is 45.3 Å². The summed E-state index contributed by atoms with van der Waals surface area (Å²) >= 11 is 5.96. The van der Waals surface area contributed by atoms with Crippen LogP contribution in [0, 0.1) is 0 Å². The third-order valence-electron chi connectivity index (χ3n) is 17.7. The minimum Gasteiger partial charge on any atom is -0.494 e. The molecule has 0 aliphatic carbocycles. The van der Waals surface area contributed by atoms with E-state index in [0.29, 0.717) is 49.8 Å². The summed E-state index contributed by atoms with van der Waals surface area (Å²) < 4.78 is 207. The Morgan fingerprint density at radius 1 is 0.440 bits per heavy atom. The van der Waals surface area contributed by atoms with E-state index in [9.17, 15) is 103 Å². The molecule has 4 aromatic heterocycles. The number of nitrogens with zero attached hydrogens (tertiary/aromatic N) is 1. The highest BCUT2D eigenvalue weighted by atomic mass is 32.2. The maximum absolute atomic E-state index is 12.9. The Balaban J connectivity index is 0.000000431. The molecule has 0 spiro atoms. The molecular weight excluding hydrogens is 1920 g/mol. The molecule has 5 atom stereocenters. The first-order chi connectivity index (χ1) is 62.4. The normalized spacial score (nSPS) is 12.8. The number of alkyl halides is 9. The van der Waals surface area contributed by atoms with Crippen molar-refractivity contribution in [2.45, 2.75) is 238 Å². The number of rotatable bonds is 44. The molecule has 8 aromatic rings. The van der Waals surface area contributed by atoms with Crippen molar-refractivity contribution in [1.29, 1.82) is 0 Å². The molecule has 25 nitrogen and oxygen atoms in total. The average Bonchev–Trinajstić information content (AvgIpc) is 1.79. The number of aryl methyl sites for hydroxylation is 4. The number of aliphatic carboxylic acids is 1. The highest BCUT2D eigenvalue weighted by Gasteiger charge is 2.31. The first-order valence-corrected chi connectivity index (χ1v) is 51.7. The standard InChI is InChI=1S/C23H30F3NO3S2.C23H30N2O6S2.C19H22F3NO2S.C15H20F3NO2S.C8H10OS.C4H7NO5S/c1-5-18-11-12-21(31-18)20(28)15-19(27-32(29)22(2,3)4)16-7-9-17(10-8-16)30-14-6-13-23(24,25)26;1-4-6-13-31-17-9-7-16(8-10-17)19(14-20(26)21-12-11-18(5-2)32-21)24-22(27)15-23(28)25-33(3,29)30;1-2-15-8-9-18(26-15)17(24)12-16(23)13-4-6-14(7-5-13)25-11-3-10-19(20,21)22;1-14(2,3)22(20)19-11-12-5-7-13(8-6-12)21-10-4-9-15(16,17)18;1-3-7-4-5-8(10-7)6(2)9;1-11(9,10)5-3(6)2-4(7)8/h7-12,19,27H,5-6,13-15H2,1-4H3;7-12,19H,4-6,13-15H2,1-3H3,(H,24,27)(H,25,28);4-9,16H,2-3,10-12,23H2,1H3;5-8,11H,4,9-10H2,1-3H3;4-5H,3H2,1-2H3;2H2,1H3,(H,5,6)(H,7,8)/t19-,32+;19-;16-;22-;;/m1110../s1. The Labute approximate surface area is 798 Å². The van der Waals surface area contributed by atoms with E-state index < -0.39 is 144 Å². The summed E-state index contributed by atoms with van der Waals surface area (Å²) in [6.45, 7) is 23.5. The maximum atomic E-state index is 12.9. The molecule has 3 amide bonds. The molecule has 0 saturated heterocycles.